The van der Waals surface area contributed by atoms with E-state index in [9.17, 15) is 0 Å². The van der Waals surface area contributed by atoms with Crippen LogP contribution in [0, 0.1) is 17.2 Å². The molecule has 0 aliphatic carbocycles. The van der Waals surface area contributed by atoms with Gasteiger partial charge in [-0.15, -0.1) is 0 Å². The van der Waals surface area contributed by atoms with Gasteiger partial charge in [-0.25, -0.2) is 0 Å². The van der Waals surface area contributed by atoms with Gasteiger partial charge in [-0.1, -0.05) is 13.8 Å². The molecule has 0 atom stereocenters. The van der Waals surface area contributed by atoms with Crippen LogP contribution >= 0.6 is 0 Å². The van der Waals surface area contributed by atoms with Crippen LogP contribution in [-0.2, 0) is 0 Å². The number of aliphatic hydroxyl groups excluding tert-OH is 1. The van der Waals surface area contributed by atoms with Gasteiger partial charge in [0.05, 0.1) is 12.1 Å². The Bertz CT molecular complexity index is 153. The standard InChI is InChI=1S/C8H13NO/c1-7(2)3-4-8(10)5-6-9/h5,7,10H,3-4H2,1-2H3. The molecule has 2 heteroatoms. The van der Waals surface area contributed by atoms with E-state index in [0.29, 0.717) is 12.3 Å². The second-order valence-electron chi connectivity index (χ2n) is 2.70. The summed E-state index contributed by atoms with van der Waals surface area (Å²) in [6.07, 6.45) is 2.73. The third kappa shape index (κ3) is 5.17. The molecule has 0 saturated heterocycles. The average Bonchev–Trinajstić information content (AvgIpc) is 1.85. The van der Waals surface area contributed by atoms with E-state index in [-0.39, 0.29) is 5.76 Å². The highest BCUT2D eigenvalue weighted by Gasteiger charge is 1.96. The van der Waals surface area contributed by atoms with Gasteiger partial charge >= 0.3 is 0 Å². The first kappa shape index (κ1) is 9.03. The summed E-state index contributed by atoms with van der Waals surface area (Å²) in [5, 5.41) is 17.1. The Kier molecular flexibility index (Phi) is 4.39. The molecule has 0 fully saturated rings. The average molecular weight is 139 g/mol. The van der Waals surface area contributed by atoms with E-state index < -0.39 is 0 Å². The molecule has 0 saturated carbocycles. The maximum absolute atomic E-state index is 8.94. The fourth-order valence-corrected chi connectivity index (χ4v) is 0.583. The lowest BCUT2D eigenvalue weighted by molar-refractivity contribution is 0.372. The van der Waals surface area contributed by atoms with Crippen molar-refractivity contribution in [3.05, 3.63) is 11.8 Å². The van der Waals surface area contributed by atoms with E-state index in [2.05, 4.69) is 13.8 Å². The van der Waals surface area contributed by atoms with Crippen LogP contribution in [-0.4, -0.2) is 5.11 Å². The minimum Gasteiger partial charge on any atom is -0.512 e. The Balaban J connectivity index is 3.51. The van der Waals surface area contributed by atoms with Gasteiger partial charge in [0.15, 0.2) is 0 Å². The van der Waals surface area contributed by atoms with E-state index in [1.54, 1.807) is 6.07 Å². The van der Waals surface area contributed by atoms with Crippen LogP contribution in [0.2, 0.25) is 0 Å². The molecular formula is C8H13NO. The van der Waals surface area contributed by atoms with Gasteiger partial charge < -0.3 is 5.11 Å². The summed E-state index contributed by atoms with van der Waals surface area (Å²) in [7, 11) is 0. The minimum absolute atomic E-state index is 0.191. The third-order valence-electron chi connectivity index (χ3n) is 1.21. The quantitative estimate of drug-likeness (QED) is 0.482. The van der Waals surface area contributed by atoms with Crippen LogP contribution in [0.25, 0.3) is 0 Å². The molecule has 0 spiro atoms. The summed E-state index contributed by atoms with van der Waals surface area (Å²) in [6.45, 7) is 4.17. The van der Waals surface area contributed by atoms with Gasteiger partial charge in [0.2, 0.25) is 0 Å². The fraction of sp³-hybridized carbons (Fsp3) is 0.625. The molecule has 0 aliphatic rings. The molecule has 2 nitrogen and oxygen atoms in total. The number of aliphatic hydroxyl groups is 1. The second-order valence-corrected chi connectivity index (χ2v) is 2.70. The van der Waals surface area contributed by atoms with Crippen molar-refractivity contribution in [1.29, 1.82) is 5.26 Å². The Labute approximate surface area is 61.8 Å². The Morgan fingerprint density at radius 2 is 2.30 bits per heavy atom. The summed E-state index contributed by atoms with van der Waals surface area (Å²) in [4.78, 5) is 0. The lowest BCUT2D eigenvalue weighted by atomic mass is 10.1. The highest BCUT2D eigenvalue weighted by Crippen LogP contribution is 2.08. The maximum atomic E-state index is 8.94. The molecule has 0 unspecified atom stereocenters. The van der Waals surface area contributed by atoms with Crippen molar-refractivity contribution in [3.8, 4) is 6.07 Å². The summed E-state index contributed by atoms with van der Waals surface area (Å²) in [6, 6.07) is 1.78. The van der Waals surface area contributed by atoms with Gasteiger partial charge in [-0.3, -0.25) is 0 Å². The molecule has 0 heterocycles. The molecule has 0 aliphatic heterocycles. The van der Waals surface area contributed by atoms with Crippen molar-refractivity contribution in [1.82, 2.24) is 0 Å². The molecule has 0 bridgehead atoms. The zero-order valence-corrected chi connectivity index (χ0v) is 6.46. The molecule has 0 amide bonds. The molecule has 0 aromatic carbocycles. The van der Waals surface area contributed by atoms with Crippen LogP contribution < -0.4 is 0 Å². The van der Waals surface area contributed by atoms with Crippen LogP contribution in [0.3, 0.4) is 0 Å². The fourth-order valence-electron chi connectivity index (χ4n) is 0.583. The molecule has 1 N–H and O–H groups in total. The van der Waals surface area contributed by atoms with E-state index >= 15 is 0 Å². The van der Waals surface area contributed by atoms with Crippen LogP contribution in [0.4, 0.5) is 0 Å². The third-order valence-corrected chi connectivity index (χ3v) is 1.21. The lowest BCUT2D eigenvalue weighted by Gasteiger charge is -2.01. The van der Waals surface area contributed by atoms with E-state index in [4.69, 9.17) is 10.4 Å². The van der Waals surface area contributed by atoms with Gasteiger partial charge in [-0.2, -0.15) is 5.26 Å². The van der Waals surface area contributed by atoms with E-state index in [1.165, 1.54) is 6.08 Å². The Morgan fingerprint density at radius 1 is 1.70 bits per heavy atom. The van der Waals surface area contributed by atoms with Crippen molar-refractivity contribution < 1.29 is 5.11 Å². The van der Waals surface area contributed by atoms with Gasteiger partial charge in [0.25, 0.3) is 0 Å². The number of nitrogens with zero attached hydrogens (tertiary/aromatic N) is 1. The van der Waals surface area contributed by atoms with Crippen molar-refractivity contribution in [2.24, 2.45) is 5.92 Å². The van der Waals surface area contributed by atoms with Gasteiger partial charge in [0.1, 0.15) is 5.76 Å². The zero-order valence-electron chi connectivity index (χ0n) is 6.46. The first-order valence-electron chi connectivity index (χ1n) is 3.44. The van der Waals surface area contributed by atoms with Crippen LogP contribution in [0.15, 0.2) is 11.8 Å². The van der Waals surface area contributed by atoms with Crippen molar-refractivity contribution in [3.63, 3.8) is 0 Å². The summed E-state index contributed by atoms with van der Waals surface area (Å²) in [5.74, 6) is 0.769. The SMILES string of the molecule is CC(C)CCC(O)=CC#N. The van der Waals surface area contributed by atoms with Gasteiger partial charge in [0, 0.05) is 6.42 Å². The highest BCUT2D eigenvalue weighted by molar-refractivity contribution is 5.06. The topological polar surface area (TPSA) is 44.0 Å². The van der Waals surface area contributed by atoms with Crippen molar-refractivity contribution in [2.45, 2.75) is 26.7 Å². The van der Waals surface area contributed by atoms with Crippen molar-refractivity contribution in [2.75, 3.05) is 0 Å². The number of hydrogen-bond acceptors (Lipinski definition) is 2. The summed E-state index contributed by atoms with van der Waals surface area (Å²) < 4.78 is 0. The number of nitriles is 1. The first-order chi connectivity index (χ1) is 4.66. The molecule has 0 aromatic rings. The number of allylic oxidation sites excluding steroid dienone is 2. The normalized spacial score (nSPS) is 11.6. The highest BCUT2D eigenvalue weighted by atomic mass is 16.3. The largest absolute Gasteiger partial charge is 0.512 e. The first-order valence-corrected chi connectivity index (χ1v) is 3.44. The molecule has 0 rings (SSSR count). The number of hydrogen-bond donors (Lipinski definition) is 1. The minimum atomic E-state index is 0.191. The lowest BCUT2D eigenvalue weighted by Crippen LogP contribution is -1.88. The van der Waals surface area contributed by atoms with E-state index in [1.807, 2.05) is 0 Å². The molecule has 0 radical (unpaired) electrons. The molecule has 0 aromatic heterocycles. The Morgan fingerprint density at radius 3 is 2.70 bits per heavy atom. The smallest absolute Gasteiger partial charge is 0.103 e. The molecular weight excluding hydrogens is 126 g/mol. The van der Waals surface area contributed by atoms with Gasteiger partial charge in [-0.05, 0) is 12.3 Å². The second kappa shape index (κ2) is 4.87. The van der Waals surface area contributed by atoms with Crippen LogP contribution in [0.1, 0.15) is 26.7 Å². The zero-order chi connectivity index (χ0) is 7.98. The monoisotopic (exact) mass is 139 g/mol. The van der Waals surface area contributed by atoms with Crippen molar-refractivity contribution >= 4 is 0 Å². The number of rotatable bonds is 3. The molecule has 10 heavy (non-hydrogen) atoms. The van der Waals surface area contributed by atoms with E-state index in [0.717, 1.165) is 6.42 Å². The van der Waals surface area contributed by atoms with Crippen LogP contribution in [0.5, 0.6) is 0 Å². The maximum Gasteiger partial charge on any atom is 0.103 e. The predicted molar refractivity (Wildman–Crippen MR) is 40.4 cm³/mol. The summed E-state index contributed by atoms with van der Waals surface area (Å²) >= 11 is 0. The summed E-state index contributed by atoms with van der Waals surface area (Å²) in [5.41, 5.74) is 0. The predicted octanol–water partition coefficient (Wildman–Crippen LogP) is 2.39. The Hall–Kier alpha value is -0.970. The molecule has 56 valence electrons.